The van der Waals surface area contributed by atoms with Crippen molar-refractivity contribution in [3.63, 3.8) is 0 Å². The van der Waals surface area contributed by atoms with Crippen molar-refractivity contribution in [3.05, 3.63) is 48.0 Å². The molecule has 0 saturated heterocycles. The lowest BCUT2D eigenvalue weighted by atomic mass is 9.71. The summed E-state index contributed by atoms with van der Waals surface area (Å²) in [4.78, 5) is 0. The Hall–Kier alpha value is -1.55. The van der Waals surface area contributed by atoms with Gasteiger partial charge in [-0.1, -0.05) is 49.4 Å². The average molecular weight is 199 g/mol. The Morgan fingerprint density at radius 3 is 2.33 bits per heavy atom. The van der Waals surface area contributed by atoms with Gasteiger partial charge < -0.3 is 0 Å². The second-order valence-electron chi connectivity index (χ2n) is 4.23. The van der Waals surface area contributed by atoms with Crippen LogP contribution in [0.4, 0.5) is 0 Å². The summed E-state index contributed by atoms with van der Waals surface area (Å²) < 4.78 is 0. The van der Waals surface area contributed by atoms with Gasteiger partial charge in [-0.15, -0.1) is 0 Å². The van der Waals surface area contributed by atoms with Gasteiger partial charge in [-0.25, -0.2) is 0 Å². The first-order valence-corrected chi connectivity index (χ1v) is 5.14. The van der Waals surface area contributed by atoms with E-state index in [1.165, 1.54) is 5.56 Å². The normalized spacial score (nSPS) is 16.1. The van der Waals surface area contributed by atoms with Crippen LogP contribution in [0.15, 0.2) is 42.5 Å². The molecule has 0 aromatic heterocycles. The summed E-state index contributed by atoms with van der Waals surface area (Å²) in [5, 5.41) is 9.28. The average Bonchev–Trinajstić information content (AvgIpc) is 2.28. The van der Waals surface area contributed by atoms with Crippen LogP contribution < -0.4 is 0 Å². The molecule has 0 bridgehead atoms. The van der Waals surface area contributed by atoms with E-state index < -0.39 is 5.41 Å². The van der Waals surface area contributed by atoms with Crippen molar-refractivity contribution >= 4 is 0 Å². The lowest BCUT2D eigenvalue weighted by Crippen LogP contribution is -2.22. The van der Waals surface area contributed by atoms with E-state index >= 15 is 0 Å². The van der Waals surface area contributed by atoms with Crippen LogP contribution in [0.5, 0.6) is 0 Å². The van der Waals surface area contributed by atoms with Gasteiger partial charge in [-0.2, -0.15) is 5.26 Å². The molecule has 1 nitrogen and oxygen atoms in total. The molecule has 0 aliphatic heterocycles. The molecule has 1 aromatic carbocycles. The first kappa shape index (κ1) is 11.5. The number of nitriles is 1. The topological polar surface area (TPSA) is 23.8 Å². The van der Waals surface area contributed by atoms with Gasteiger partial charge in [-0.05, 0) is 19.4 Å². The molecule has 1 heteroatoms. The number of allylic oxidation sites excluding steroid dienone is 1. The molecule has 0 radical (unpaired) electrons. The fraction of sp³-hybridized carbons (Fsp3) is 0.357. The zero-order valence-corrected chi connectivity index (χ0v) is 9.62. The standard InChI is InChI=1S/C14H17N/c1-11(2)14(4,10-15)12(3)13-8-6-5-7-9-13/h5-9,12H,1H2,2-4H3/t12-,14+/m1/s1. The molecule has 0 N–H and O–H groups in total. The number of rotatable bonds is 3. The van der Waals surface area contributed by atoms with Gasteiger partial charge in [0.2, 0.25) is 0 Å². The van der Waals surface area contributed by atoms with Crippen LogP contribution in [0.2, 0.25) is 0 Å². The first-order chi connectivity index (χ1) is 7.02. The SMILES string of the molecule is C=C(C)[C@](C)(C#N)[C@H](C)c1ccccc1. The third kappa shape index (κ3) is 2.10. The Kier molecular flexibility index (Phi) is 3.31. The van der Waals surface area contributed by atoms with Gasteiger partial charge in [0.15, 0.2) is 0 Å². The Morgan fingerprint density at radius 1 is 1.40 bits per heavy atom. The highest BCUT2D eigenvalue weighted by Crippen LogP contribution is 2.40. The van der Waals surface area contributed by atoms with Gasteiger partial charge in [-0.3, -0.25) is 0 Å². The van der Waals surface area contributed by atoms with Crippen LogP contribution in [-0.2, 0) is 0 Å². The molecule has 0 unspecified atom stereocenters. The molecule has 0 heterocycles. The van der Waals surface area contributed by atoms with Gasteiger partial charge in [0, 0.05) is 5.92 Å². The Bertz CT molecular complexity index is 386. The van der Waals surface area contributed by atoms with E-state index in [0.29, 0.717) is 0 Å². The second kappa shape index (κ2) is 4.31. The molecule has 1 rings (SSSR count). The second-order valence-corrected chi connectivity index (χ2v) is 4.23. The van der Waals surface area contributed by atoms with Crippen molar-refractivity contribution in [1.82, 2.24) is 0 Å². The Labute approximate surface area is 92.1 Å². The van der Waals surface area contributed by atoms with E-state index in [1.54, 1.807) is 0 Å². The van der Waals surface area contributed by atoms with Crippen molar-refractivity contribution in [2.75, 3.05) is 0 Å². The zero-order chi connectivity index (χ0) is 11.5. The number of nitrogens with zero attached hydrogens (tertiary/aromatic N) is 1. The van der Waals surface area contributed by atoms with Gasteiger partial charge >= 0.3 is 0 Å². The van der Waals surface area contributed by atoms with E-state index in [1.807, 2.05) is 32.0 Å². The molecule has 2 atom stereocenters. The van der Waals surface area contributed by atoms with Crippen LogP contribution in [0, 0.1) is 16.7 Å². The molecule has 1 aromatic rings. The predicted octanol–water partition coefficient (Wildman–Crippen LogP) is 3.90. The minimum atomic E-state index is -0.485. The third-order valence-corrected chi connectivity index (χ3v) is 3.28. The maximum Gasteiger partial charge on any atom is 0.0814 e. The first-order valence-electron chi connectivity index (χ1n) is 5.14. The van der Waals surface area contributed by atoms with Gasteiger partial charge in [0.05, 0.1) is 11.5 Å². The number of hydrogen-bond donors (Lipinski definition) is 0. The largest absolute Gasteiger partial charge is 0.197 e. The maximum atomic E-state index is 9.28. The van der Waals surface area contributed by atoms with Crippen LogP contribution >= 0.6 is 0 Å². The minimum absolute atomic E-state index is 0.168. The van der Waals surface area contributed by atoms with Gasteiger partial charge in [0.25, 0.3) is 0 Å². The fourth-order valence-corrected chi connectivity index (χ4v) is 1.64. The highest BCUT2D eigenvalue weighted by molar-refractivity contribution is 5.30. The molecular formula is C14H17N. The molecule has 0 fully saturated rings. The van der Waals surface area contributed by atoms with Crippen LogP contribution in [0.1, 0.15) is 32.3 Å². The van der Waals surface area contributed by atoms with E-state index in [4.69, 9.17) is 0 Å². The molecule has 78 valence electrons. The monoisotopic (exact) mass is 199 g/mol. The molecule has 0 spiro atoms. The lowest BCUT2D eigenvalue weighted by molar-refractivity contribution is 0.438. The summed E-state index contributed by atoms with van der Waals surface area (Å²) >= 11 is 0. The summed E-state index contributed by atoms with van der Waals surface area (Å²) in [5.74, 6) is 0.168. The van der Waals surface area contributed by atoms with E-state index in [2.05, 4.69) is 31.7 Å². The minimum Gasteiger partial charge on any atom is -0.197 e. The fourth-order valence-electron chi connectivity index (χ4n) is 1.64. The number of hydrogen-bond acceptors (Lipinski definition) is 1. The molecular weight excluding hydrogens is 182 g/mol. The smallest absolute Gasteiger partial charge is 0.0814 e. The summed E-state index contributed by atoms with van der Waals surface area (Å²) in [6.07, 6.45) is 0. The highest BCUT2D eigenvalue weighted by Gasteiger charge is 2.32. The molecule has 0 saturated carbocycles. The van der Waals surface area contributed by atoms with Crippen molar-refractivity contribution in [2.45, 2.75) is 26.7 Å². The van der Waals surface area contributed by atoms with Crippen molar-refractivity contribution in [3.8, 4) is 6.07 Å². The lowest BCUT2D eigenvalue weighted by Gasteiger charge is -2.29. The molecule has 0 aliphatic rings. The predicted molar refractivity (Wildman–Crippen MR) is 63.4 cm³/mol. The van der Waals surface area contributed by atoms with E-state index in [-0.39, 0.29) is 5.92 Å². The van der Waals surface area contributed by atoms with E-state index in [0.717, 1.165) is 5.57 Å². The third-order valence-electron chi connectivity index (χ3n) is 3.28. The molecule has 15 heavy (non-hydrogen) atoms. The summed E-state index contributed by atoms with van der Waals surface area (Å²) in [6.45, 7) is 9.87. The molecule has 0 aliphatic carbocycles. The Morgan fingerprint density at radius 2 is 1.93 bits per heavy atom. The highest BCUT2D eigenvalue weighted by atomic mass is 14.4. The van der Waals surface area contributed by atoms with Crippen molar-refractivity contribution < 1.29 is 0 Å². The van der Waals surface area contributed by atoms with Gasteiger partial charge in [0.1, 0.15) is 0 Å². The van der Waals surface area contributed by atoms with Crippen LogP contribution in [0.25, 0.3) is 0 Å². The summed E-state index contributed by atoms with van der Waals surface area (Å²) in [6, 6.07) is 12.5. The molecule has 0 amide bonds. The van der Waals surface area contributed by atoms with Crippen LogP contribution in [0.3, 0.4) is 0 Å². The number of benzene rings is 1. The van der Waals surface area contributed by atoms with Crippen molar-refractivity contribution in [1.29, 1.82) is 5.26 Å². The van der Waals surface area contributed by atoms with Crippen molar-refractivity contribution in [2.24, 2.45) is 5.41 Å². The van der Waals surface area contributed by atoms with Crippen LogP contribution in [-0.4, -0.2) is 0 Å². The summed E-state index contributed by atoms with van der Waals surface area (Å²) in [5.41, 5.74) is 1.62. The maximum absolute atomic E-state index is 9.28. The van der Waals surface area contributed by atoms with E-state index in [9.17, 15) is 5.26 Å². The Balaban J connectivity index is 3.09. The quantitative estimate of drug-likeness (QED) is 0.677. The zero-order valence-electron chi connectivity index (χ0n) is 9.62. The summed E-state index contributed by atoms with van der Waals surface area (Å²) in [7, 11) is 0.